The second-order valence-electron chi connectivity index (χ2n) is 5.01. The van der Waals surface area contributed by atoms with Crippen molar-refractivity contribution >= 4 is 0 Å². The number of rotatable bonds is 4. The number of hydrogen-bond acceptors (Lipinski definition) is 1. The average Bonchev–Trinajstić information content (AvgIpc) is 2.13. The smallest absolute Gasteiger partial charge is 0.387 e. The van der Waals surface area contributed by atoms with Crippen LogP contribution in [0, 0.1) is 0 Å². The molecule has 0 radical (unpaired) electrons. The summed E-state index contributed by atoms with van der Waals surface area (Å²) in [4.78, 5) is 0. The molecule has 0 fully saturated rings. The minimum Gasteiger partial charge on any atom is -0.435 e. The first-order valence-electron chi connectivity index (χ1n) is 5.57. The van der Waals surface area contributed by atoms with E-state index in [1.807, 2.05) is 0 Å². The minimum atomic E-state index is -2.96. The lowest BCUT2D eigenvalue weighted by Gasteiger charge is -2.26. The molecule has 1 rings (SSSR count). The number of halogens is 4. The summed E-state index contributed by atoms with van der Waals surface area (Å²) in [7, 11) is 0. The summed E-state index contributed by atoms with van der Waals surface area (Å²) < 4.78 is 54.0. The van der Waals surface area contributed by atoms with E-state index in [-0.39, 0.29) is 5.75 Å². The summed E-state index contributed by atoms with van der Waals surface area (Å²) in [5.74, 6) is -0.0318. The summed E-state index contributed by atoms with van der Waals surface area (Å²) in [6.07, 6.45) is -2.99. The highest BCUT2D eigenvalue weighted by atomic mass is 19.3. The maximum absolute atomic E-state index is 12.5. The van der Waals surface area contributed by atoms with E-state index in [2.05, 4.69) is 4.74 Å². The van der Waals surface area contributed by atoms with Crippen LogP contribution in [0.25, 0.3) is 0 Å². The van der Waals surface area contributed by atoms with Crippen molar-refractivity contribution in [2.75, 3.05) is 0 Å². The highest BCUT2D eigenvalue weighted by Crippen LogP contribution is 2.36. The Morgan fingerprint density at radius 2 is 1.72 bits per heavy atom. The molecule has 18 heavy (non-hydrogen) atoms. The molecule has 0 N–H and O–H groups in total. The highest BCUT2D eigenvalue weighted by Gasteiger charge is 2.25. The number of hydrogen-bond donors (Lipinski definition) is 0. The Hall–Kier alpha value is -1.26. The molecule has 0 saturated carbocycles. The van der Waals surface area contributed by atoms with Gasteiger partial charge in [0.05, 0.1) is 0 Å². The fourth-order valence-electron chi connectivity index (χ4n) is 1.96. The summed E-state index contributed by atoms with van der Waals surface area (Å²) in [6.45, 7) is 2.36. The number of alkyl halides is 4. The third-order valence-electron chi connectivity index (χ3n) is 2.45. The number of benzene rings is 1. The van der Waals surface area contributed by atoms with Gasteiger partial charge < -0.3 is 4.74 Å². The first-order valence-corrected chi connectivity index (χ1v) is 5.57. The van der Waals surface area contributed by atoms with Crippen LogP contribution in [-0.2, 0) is 11.8 Å². The summed E-state index contributed by atoms with van der Waals surface area (Å²) in [5, 5.41) is 0. The van der Waals surface area contributed by atoms with Crippen LogP contribution in [-0.4, -0.2) is 13.0 Å². The molecule has 0 aliphatic carbocycles. The molecule has 0 heterocycles. The lowest BCUT2D eigenvalue weighted by atomic mass is 9.82. The van der Waals surface area contributed by atoms with Crippen molar-refractivity contribution in [3.8, 4) is 5.75 Å². The lowest BCUT2D eigenvalue weighted by Crippen LogP contribution is -2.19. The van der Waals surface area contributed by atoms with Gasteiger partial charge in [-0.15, -0.1) is 0 Å². The van der Waals surface area contributed by atoms with E-state index < -0.39 is 24.9 Å². The molecule has 102 valence electrons. The fraction of sp³-hybridized carbons (Fsp3) is 0.538. The molecule has 0 bridgehead atoms. The van der Waals surface area contributed by atoms with Crippen molar-refractivity contribution in [1.29, 1.82) is 0 Å². The molecule has 1 aromatic carbocycles. The molecule has 0 saturated heterocycles. The van der Waals surface area contributed by atoms with Crippen LogP contribution >= 0.6 is 0 Å². The predicted molar refractivity (Wildman–Crippen MR) is 61.5 cm³/mol. The zero-order valence-corrected chi connectivity index (χ0v) is 10.5. The minimum absolute atomic E-state index is 0.0318. The Morgan fingerprint density at radius 3 is 2.17 bits per heavy atom. The van der Waals surface area contributed by atoms with Gasteiger partial charge in [0.15, 0.2) is 0 Å². The van der Waals surface area contributed by atoms with Crippen LogP contribution < -0.4 is 4.74 Å². The van der Waals surface area contributed by atoms with Gasteiger partial charge in [0.1, 0.15) is 5.75 Å². The molecule has 1 nitrogen and oxygen atoms in total. The zero-order chi connectivity index (χ0) is 13.9. The third kappa shape index (κ3) is 3.89. The summed E-state index contributed by atoms with van der Waals surface area (Å²) in [5.41, 5.74) is 0.205. The zero-order valence-electron chi connectivity index (χ0n) is 10.5. The molecule has 0 atom stereocenters. The van der Waals surface area contributed by atoms with E-state index in [1.54, 1.807) is 20.8 Å². The van der Waals surface area contributed by atoms with E-state index in [9.17, 15) is 17.6 Å². The standard InChI is InChI=1S/C13H16F4O/c1-13(2,3)11-8(7-10(14)15)5-4-6-9(11)18-12(16)17/h4-6,10,12H,7H2,1-3H3. The van der Waals surface area contributed by atoms with Gasteiger partial charge in [-0.3, -0.25) is 0 Å². The van der Waals surface area contributed by atoms with E-state index >= 15 is 0 Å². The van der Waals surface area contributed by atoms with Crippen molar-refractivity contribution < 1.29 is 22.3 Å². The molecule has 0 spiro atoms. The average molecular weight is 264 g/mol. The molecule has 0 aliphatic rings. The molecular formula is C13H16F4O. The van der Waals surface area contributed by atoms with E-state index in [4.69, 9.17) is 0 Å². The second-order valence-corrected chi connectivity index (χ2v) is 5.01. The largest absolute Gasteiger partial charge is 0.435 e. The van der Waals surface area contributed by atoms with Crippen LogP contribution in [0.2, 0.25) is 0 Å². The van der Waals surface area contributed by atoms with Crippen molar-refractivity contribution in [3.63, 3.8) is 0 Å². The van der Waals surface area contributed by atoms with Crippen LogP contribution in [0.15, 0.2) is 18.2 Å². The Balaban J connectivity index is 3.26. The van der Waals surface area contributed by atoms with Gasteiger partial charge in [-0.1, -0.05) is 32.9 Å². The summed E-state index contributed by atoms with van der Waals surface area (Å²) in [6, 6.07) is 4.34. The third-order valence-corrected chi connectivity index (χ3v) is 2.45. The highest BCUT2D eigenvalue weighted by molar-refractivity contribution is 5.45. The normalized spacial score (nSPS) is 12.3. The Morgan fingerprint density at radius 1 is 1.11 bits per heavy atom. The molecule has 0 aliphatic heterocycles. The van der Waals surface area contributed by atoms with E-state index in [0.29, 0.717) is 11.1 Å². The van der Waals surface area contributed by atoms with E-state index in [1.165, 1.54) is 18.2 Å². The maximum Gasteiger partial charge on any atom is 0.387 e. The molecule has 0 amide bonds. The summed E-state index contributed by atoms with van der Waals surface area (Å²) >= 11 is 0. The molecular weight excluding hydrogens is 248 g/mol. The van der Waals surface area contributed by atoms with Crippen LogP contribution in [0.3, 0.4) is 0 Å². The van der Waals surface area contributed by atoms with Gasteiger partial charge in [0.2, 0.25) is 6.43 Å². The van der Waals surface area contributed by atoms with Gasteiger partial charge in [0.25, 0.3) is 0 Å². The van der Waals surface area contributed by atoms with Gasteiger partial charge in [-0.25, -0.2) is 8.78 Å². The van der Waals surface area contributed by atoms with E-state index in [0.717, 1.165) is 0 Å². The first-order chi connectivity index (χ1) is 8.21. The van der Waals surface area contributed by atoms with Crippen molar-refractivity contribution in [3.05, 3.63) is 29.3 Å². The van der Waals surface area contributed by atoms with Crippen molar-refractivity contribution in [2.45, 2.75) is 45.6 Å². The topological polar surface area (TPSA) is 9.23 Å². The lowest BCUT2D eigenvalue weighted by molar-refractivity contribution is -0.0509. The van der Waals surface area contributed by atoms with Crippen LogP contribution in [0.1, 0.15) is 31.9 Å². The Bertz CT molecular complexity index is 368. The molecule has 1 aromatic rings. The second kappa shape index (κ2) is 5.59. The van der Waals surface area contributed by atoms with Gasteiger partial charge in [0, 0.05) is 12.0 Å². The SMILES string of the molecule is CC(C)(C)c1c(CC(F)F)cccc1OC(F)F. The van der Waals surface area contributed by atoms with Crippen LogP contribution in [0.4, 0.5) is 17.6 Å². The monoisotopic (exact) mass is 264 g/mol. The predicted octanol–water partition coefficient (Wildman–Crippen LogP) is 4.39. The molecule has 5 heteroatoms. The van der Waals surface area contributed by atoms with Gasteiger partial charge >= 0.3 is 6.61 Å². The Kier molecular flexibility index (Phi) is 4.59. The molecule has 0 aromatic heterocycles. The number of ether oxygens (including phenoxy) is 1. The molecule has 0 unspecified atom stereocenters. The van der Waals surface area contributed by atoms with Crippen LogP contribution in [0.5, 0.6) is 5.75 Å². The quantitative estimate of drug-likeness (QED) is 0.733. The Labute approximate surface area is 104 Å². The van der Waals surface area contributed by atoms with Crippen molar-refractivity contribution in [1.82, 2.24) is 0 Å². The fourth-order valence-corrected chi connectivity index (χ4v) is 1.96. The van der Waals surface area contributed by atoms with Gasteiger partial charge in [-0.2, -0.15) is 8.78 Å². The van der Waals surface area contributed by atoms with Gasteiger partial charge in [-0.05, 0) is 17.0 Å². The van der Waals surface area contributed by atoms with Crippen molar-refractivity contribution in [2.24, 2.45) is 0 Å². The maximum atomic E-state index is 12.5. The first kappa shape index (κ1) is 14.8.